The summed E-state index contributed by atoms with van der Waals surface area (Å²) >= 11 is 0. The molecule has 0 atom stereocenters. The van der Waals surface area contributed by atoms with Crippen LogP contribution in [0.5, 0.6) is 11.5 Å². The highest BCUT2D eigenvalue weighted by Crippen LogP contribution is 2.25. The van der Waals surface area contributed by atoms with Crippen LogP contribution in [0, 0.1) is 6.92 Å². The van der Waals surface area contributed by atoms with E-state index < -0.39 is 5.97 Å². The van der Waals surface area contributed by atoms with Gasteiger partial charge in [-0.05, 0) is 36.8 Å². The average Bonchev–Trinajstić information content (AvgIpc) is 2.64. The van der Waals surface area contributed by atoms with Gasteiger partial charge in [-0.25, -0.2) is 4.79 Å². The van der Waals surface area contributed by atoms with E-state index in [4.69, 9.17) is 14.2 Å². The Morgan fingerprint density at radius 1 is 1.04 bits per heavy atom. The number of rotatable bonds is 6. The van der Waals surface area contributed by atoms with E-state index in [2.05, 4.69) is 0 Å². The van der Waals surface area contributed by atoms with Crippen LogP contribution in [0.4, 0.5) is 5.69 Å². The second kappa shape index (κ2) is 8.19. The molecule has 25 heavy (non-hydrogen) atoms. The predicted octanol–water partition coefficient (Wildman–Crippen LogP) is 2.83. The molecule has 0 unspecified atom stereocenters. The highest BCUT2D eigenvalue weighted by Gasteiger charge is 2.18. The number of likely N-dealkylation sites (N-methyl/N-ethyl adjacent to an activating group) is 1. The number of aryl methyl sites for hydroxylation is 1. The van der Waals surface area contributed by atoms with Crippen LogP contribution < -0.4 is 14.4 Å². The van der Waals surface area contributed by atoms with E-state index in [1.54, 1.807) is 19.2 Å². The number of nitrogens with zero attached hydrogens (tertiary/aromatic N) is 1. The van der Waals surface area contributed by atoms with Crippen molar-refractivity contribution >= 4 is 17.6 Å². The van der Waals surface area contributed by atoms with Gasteiger partial charge in [0, 0.05) is 18.8 Å². The molecule has 0 aliphatic heterocycles. The zero-order valence-electron chi connectivity index (χ0n) is 14.7. The summed E-state index contributed by atoms with van der Waals surface area (Å²) in [7, 11) is 4.60. The molecule has 132 valence electrons. The molecule has 6 nitrogen and oxygen atoms in total. The van der Waals surface area contributed by atoms with Gasteiger partial charge in [-0.2, -0.15) is 0 Å². The van der Waals surface area contributed by atoms with Crippen molar-refractivity contribution in [3.8, 4) is 11.5 Å². The largest absolute Gasteiger partial charge is 0.497 e. The minimum absolute atomic E-state index is 0.231. The Kier molecular flexibility index (Phi) is 6.00. The van der Waals surface area contributed by atoms with E-state index in [-0.39, 0.29) is 18.1 Å². The van der Waals surface area contributed by atoms with Crippen LogP contribution in [0.1, 0.15) is 15.9 Å². The third kappa shape index (κ3) is 4.50. The summed E-state index contributed by atoms with van der Waals surface area (Å²) in [5, 5.41) is 0. The maximum Gasteiger partial charge on any atom is 0.342 e. The van der Waals surface area contributed by atoms with Gasteiger partial charge in [0.2, 0.25) is 0 Å². The fraction of sp³-hybridized carbons (Fsp3) is 0.263. The molecular formula is C19H21NO5. The van der Waals surface area contributed by atoms with Crippen molar-refractivity contribution in [2.24, 2.45) is 0 Å². The van der Waals surface area contributed by atoms with E-state index in [0.717, 1.165) is 11.3 Å². The molecule has 0 spiro atoms. The van der Waals surface area contributed by atoms with Crippen molar-refractivity contribution in [2.75, 3.05) is 32.8 Å². The fourth-order valence-corrected chi connectivity index (χ4v) is 2.25. The van der Waals surface area contributed by atoms with Gasteiger partial charge in [-0.1, -0.05) is 12.1 Å². The van der Waals surface area contributed by atoms with Crippen LogP contribution >= 0.6 is 0 Å². The van der Waals surface area contributed by atoms with Crippen molar-refractivity contribution in [1.82, 2.24) is 0 Å². The van der Waals surface area contributed by atoms with Crippen molar-refractivity contribution in [3.05, 3.63) is 53.6 Å². The molecular weight excluding hydrogens is 322 g/mol. The number of amides is 1. The van der Waals surface area contributed by atoms with Crippen molar-refractivity contribution in [3.63, 3.8) is 0 Å². The third-order valence-electron chi connectivity index (χ3n) is 3.72. The van der Waals surface area contributed by atoms with Crippen molar-refractivity contribution in [2.45, 2.75) is 6.92 Å². The molecule has 0 radical (unpaired) electrons. The van der Waals surface area contributed by atoms with Crippen molar-refractivity contribution in [1.29, 1.82) is 0 Å². The van der Waals surface area contributed by atoms with Crippen LogP contribution in [0.2, 0.25) is 0 Å². The van der Waals surface area contributed by atoms with E-state index in [9.17, 15) is 9.59 Å². The summed E-state index contributed by atoms with van der Waals surface area (Å²) in [5.74, 6) is -0.0792. The number of carbonyl (C=O) groups is 2. The molecule has 0 saturated carbocycles. The lowest BCUT2D eigenvalue weighted by Gasteiger charge is -2.18. The molecule has 0 N–H and O–H groups in total. The minimum Gasteiger partial charge on any atom is -0.497 e. The maximum atomic E-state index is 12.2. The Hall–Kier alpha value is -3.02. The number of esters is 1. The summed E-state index contributed by atoms with van der Waals surface area (Å²) in [4.78, 5) is 25.9. The molecule has 2 aromatic carbocycles. The van der Waals surface area contributed by atoms with Gasteiger partial charge in [0.15, 0.2) is 6.61 Å². The van der Waals surface area contributed by atoms with Gasteiger partial charge in [0.25, 0.3) is 5.91 Å². The third-order valence-corrected chi connectivity index (χ3v) is 3.72. The summed E-state index contributed by atoms with van der Waals surface area (Å²) in [6.45, 7) is 1.58. The second-order valence-electron chi connectivity index (χ2n) is 5.43. The number of hydrogen-bond donors (Lipinski definition) is 0. The molecule has 1 amide bonds. The van der Waals surface area contributed by atoms with Crippen LogP contribution in [0.15, 0.2) is 42.5 Å². The summed E-state index contributed by atoms with van der Waals surface area (Å²) < 4.78 is 15.4. The standard InChI is InChI=1S/C19H21NO5/c1-13-6-5-7-14(10-13)20(2)18(21)12-25-19(22)16-9-8-15(23-3)11-17(16)24-4/h5-11H,12H2,1-4H3. The number of anilines is 1. The molecule has 0 saturated heterocycles. The highest BCUT2D eigenvalue weighted by atomic mass is 16.5. The van der Waals surface area contributed by atoms with E-state index in [0.29, 0.717) is 11.5 Å². The fourth-order valence-electron chi connectivity index (χ4n) is 2.25. The SMILES string of the molecule is COc1ccc(C(=O)OCC(=O)N(C)c2cccc(C)c2)c(OC)c1. The summed E-state index contributed by atoms with van der Waals surface area (Å²) in [6.07, 6.45) is 0. The Morgan fingerprint density at radius 3 is 2.44 bits per heavy atom. The highest BCUT2D eigenvalue weighted by molar-refractivity contribution is 5.97. The van der Waals surface area contributed by atoms with Crippen LogP contribution in [0.3, 0.4) is 0 Å². The second-order valence-corrected chi connectivity index (χ2v) is 5.43. The van der Waals surface area contributed by atoms with E-state index in [1.807, 2.05) is 31.2 Å². The van der Waals surface area contributed by atoms with Crippen molar-refractivity contribution < 1.29 is 23.8 Å². The van der Waals surface area contributed by atoms with Gasteiger partial charge < -0.3 is 19.1 Å². The zero-order valence-corrected chi connectivity index (χ0v) is 14.7. The predicted molar refractivity (Wildman–Crippen MR) is 94.4 cm³/mol. The lowest BCUT2D eigenvalue weighted by atomic mass is 10.2. The molecule has 0 aliphatic rings. The van der Waals surface area contributed by atoms with Gasteiger partial charge in [0.05, 0.1) is 14.2 Å². The Bertz CT molecular complexity index is 772. The summed E-state index contributed by atoms with van der Waals surface area (Å²) in [6, 6.07) is 12.2. The summed E-state index contributed by atoms with van der Waals surface area (Å²) in [5.41, 5.74) is 2.01. The first-order chi connectivity index (χ1) is 12.0. The topological polar surface area (TPSA) is 65.1 Å². The Labute approximate surface area is 146 Å². The molecule has 0 bridgehead atoms. The van der Waals surface area contributed by atoms with Gasteiger partial charge >= 0.3 is 5.97 Å². The smallest absolute Gasteiger partial charge is 0.342 e. The van der Waals surface area contributed by atoms with Gasteiger partial charge in [-0.3, -0.25) is 4.79 Å². The maximum absolute atomic E-state index is 12.2. The quantitative estimate of drug-likeness (QED) is 0.755. The van der Waals surface area contributed by atoms with Crippen LogP contribution in [-0.2, 0) is 9.53 Å². The molecule has 0 aliphatic carbocycles. The molecule has 6 heteroatoms. The van der Waals surface area contributed by atoms with Gasteiger partial charge in [-0.15, -0.1) is 0 Å². The molecule has 0 fully saturated rings. The minimum atomic E-state index is -0.634. The number of benzene rings is 2. The average molecular weight is 343 g/mol. The van der Waals surface area contributed by atoms with Gasteiger partial charge in [0.1, 0.15) is 17.1 Å². The van der Waals surface area contributed by atoms with E-state index >= 15 is 0 Å². The van der Waals surface area contributed by atoms with E-state index in [1.165, 1.54) is 25.2 Å². The Balaban J connectivity index is 2.03. The van der Waals surface area contributed by atoms with Crippen LogP contribution in [0.25, 0.3) is 0 Å². The first-order valence-electron chi connectivity index (χ1n) is 7.68. The zero-order chi connectivity index (χ0) is 18.4. The molecule has 0 heterocycles. The number of carbonyl (C=O) groups excluding carboxylic acids is 2. The number of methoxy groups -OCH3 is 2. The lowest BCUT2D eigenvalue weighted by molar-refractivity contribution is -0.121. The lowest BCUT2D eigenvalue weighted by Crippen LogP contribution is -2.31. The number of hydrogen-bond acceptors (Lipinski definition) is 5. The molecule has 0 aromatic heterocycles. The first-order valence-corrected chi connectivity index (χ1v) is 7.68. The Morgan fingerprint density at radius 2 is 1.80 bits per heavy atom. The molecule has 2 rings (SSSR count). The first kappa shape index (κ1) is 18.3. The number of ether oxygens (including phenoxy) is 3. The van der Waals surface area contributed by atoms with Crippen LogP contribution in [-0.4, -0.2) is 39.8 Å². The normalized spacial score (nSPS) is 10.1. The monoisotopic (exact) mass is 343 g/mol. The molecule has 2 aromatic rings.